The van der Waals surface area contributed by atoms with Gasteiger partial charge in [0.05, 0.1) is 6.61 Å². The second-order valence-electron chi connectivity index (χ2n) is 4.82. The fraction of sp³-hybridized carbons (Fsp3) is 0.533. The van der Waals surface area contributed by atoms with E-state index in [4.69, 9.17) is 14.4 Å². The molecule has 1 aromatic rings. The van der Waals surface area contributed by atoms with Gasteiger partial charge in [-0.1, -0.05) is 25.1 Å². The van der Waals surface area contributed by atoms with Gasteiger partial charge in [0.2, 0.25) is 7.37 Å². The van der Waals surface area contributed by atoms with Crippen molar-refractivity contribution < 1.29 is 28.8 Å². The Morgan fingerprint density at radius 3 is 2.50 bits per heavy atom. The largest absolute Gasteiger partial charge is 0.435 e. The Morgan fingerprint density at radius 2 is 1.95 bits per heavy atom. The van der Waals surface area contributed by atoms with Crippen LogP contribution in [0.5, 0.6) is 0 Å². The molecule has 0 radical (unpaired) electrons. The molecule has 3 unspecified atom stereocenters. The summed E-state index contributed by atoms with van der Waals surface area (Å²) in [5, 5.41) is 18.7. The summed E-state index contributed by atoms with van der Waals surface area (Å²) in [6, 6.07) is 8.43. The van der Waals surface area contributed by atoms with Crippen molar-refractivity contribution in [3.05, 3.63) is 30.3 Å². The summed E-state index contributed by atoms with van der Waals surface area (Å²) in [6.45, 7) is 3.09. The van der Waals surface area contributed by atoms with E-state index in [0.717, 1.165) is 0 Å². The van der Waals surface area contributed by atoms with Crippen LogP contribution in [0.3, 0.4) is 0 Å². The molecule has 0 saturated heterocycles. The molecule has 124 valence electrons. The number of ether oxygens (including phenoxy) is 1. The third-order valence-corrected chi connectivity index (χ3v) is 5.97. The molecule has 1 aromatic carbocycles. The van der Waals surface area contributed by atoms with E-state index in [2.05, 4.69) is 0 Å². The lowest BCUT2D eigenvalue weighted by Crippen LogP contribution is -2.30. The lowest BCUT2D eigenvalue weighted by atomic mass is 10.4. The maximum Gasteiger partial charge on any atom is 0.321 e. The van der Waals surface area contributed by atoms with Crippen molar-refractivity contribution in [3.8, 4) is 0 Å². The molecule has 0 aliphatic rings. The van der Waals surface area contributed by atoms with E-state index in [1.165, 1.54) is 6.92 Å². The van der Waals surface area contributed by atoms with Crippen molar-refractivity contribution in [2.45, 2.75) is 38.6 Å². The van der Waals surface area contributed by atoms with Crippen LogP contribution >= 0.6 is 7.37 Å². The lowest BCUT2D eigenvalue weighted by molar-refractivity contribution is -0.167. The highest BCUT2D eigenvalue weighted by Gasteiger charge is 2.39. The van der Waals surface area contributed by atoms with Crippen LogP contribution in [-0.4, -0.2) is 41.3 Å². The predicted molar refractivity (Wildman–Crippen MR) is 83.2 cm³/mol. The normalized spacial score (nSPS) is 16.5. The fourth-order valence-electron chi connectivity index (χ4n) is 1.77. The van der Waals surface area contributed by atoms with E-state index in [0.29, 0.717) is 11.7 Å². The Labute approximate surface area is 130 Å². The van der Waals surface area contributed by atoms with Crippen LogP contribution in [0.15, 0.2) is 30.3 Å². The SMILES string of the molecule is CCC(O)OC(=O)C(C)P(=O)(OCCCO)c1ccccc1. The molecule has 0 bridgehead atoms. The number of hydrogen-bond acceptors (Lipinski definition) is 6. The van der Waals surface area contributed by atoms with Crippen LogP contribution in [-0.2, 0) is 18.6 Å². The number of carbonyl (C=O) groups excluding carboxylic acids is 1. The number of aliphatic hydroxyl groups excluding tert-OH is 2. The van der Waals surface area contributed by atoms with Gasteiger partial charge >= 0.3 is 5.97 Å². The molecule has 0 spiro atoms. The van der Waals surface area contributed by atoms with Gasteiger partial charge in [-0.3, -0.25) is 9.36 Å². The fourth-order valence-corrected chi connectivity index (χ4v) is 3.91. The van der Waals surface area contributed by atoms with Gasteiger partial charge in [0.25, 0.3) is 0 Å². The summed E-state index contributed by atoms with van der Waals surface area (Å²) in [4.78, 5) is 12.1. The van der Waals surface area contributed by atoms with Crippen LogP contribution in [0, 0.1) is 0 Å². The van der Waals surface area contributed by atoms with Gasteiger partial charge in [-0.05, 0) is 25.5 Å². The molecule has 0 fully saturated rings. The summed E-state index contributed by atoms with van der Waals surface area (Å²) in [5.41, 5.74) is -1.05. The van der Waals surface area contributed by atoms with E-state index in [9.17, 15) is 14.5 Å². The van der Waals surface area contributed by atoms with Crippen molar-refractivity contribution >= 4 is 18.6 Å². The van der Waals surface area contributed by atoms with Crippen LogP contribution in [0.4, 0.5) is 0 Å². The molecule has 6 nitrogen and oxygen atoms in total. The van der Waals surface area contributed by atoms with E-state index in [-0.39, 0.29) is 19.6 Å². The first-order valence-corrected chi connectivity index (χ1v) is 8.94. The van der Waals surface area contributed by atoms with Crippen molar-refractivity contribution in [2.24, 2.45) is 0 Å². The minimum absolute atomic E-state index is 0.0661. The van der Waals surface area contributed by atoms with E-state index in [1.54, 1.807) is 37.3 Å². The average molecular weight is 330 g/mol. The molecule has 2 N–H and O–H groups in total. The number of benzene rings is 1. The van der Waals surface area contributed by atoms with Gasteiger partial charge in [0.15, 0.2) is 6.29 Å². The number of rotatable bonds is 9. The molecular formula is C15H23O6P. The molecule has 0 aliphatic carbocycles. The van der Waals surface area contributed by atoms with Gasteiger partial charge in [-0.2, -0.15) is 0 Å². The van der Waals surface area contributed by atoms with Gasteiger partial charge in [0, 0.05) is 18.3 Å². The van der Waals surface area contributed by atoms with Gasteiger partial charge in [0.1, 0.15) is 5.66 Å². The predicted octanol–water partition coefficient (Wildman–Crippen LogP) is 1.65. The molecule has 7 heteroatoms. The van der Waals surface area contributed by atoms with Crippen LogP contribution in [0.2, 0.25) is 0 Å². The quantitative estimate of drug-likeness (QED) is 0.309. The minimum Gasteiger partial charge on any atom is -0.435 e. The topological polar surface area (TPSA) is 93.1 Å². The standard InChI is InChI=1S/C15H23O6P/c1-3-14(17)21-15(18)12(2)22(19,20-11-7-10-16)13-8-5-4-6-9-13/h4-6,8-9,12,14,16-17H,3,7,10-11H2,1-2H3. The Morgan fingerprint density at radius 1 is 1.32 bits per heavy atom. The first-order valence-electron chi connectivity index (χ1n) is 7.25. The number of carbonyl (C=O) groups is 1. The Bertz CT molecular complexity index is 504. The van der Waals surface area contributed by atoms with E-state index in [1.807, 2.05) is 0 Å². The minimum atomic E-state index is -3.51. The highest BCUT2D eigenvalue weighted by atomic mass is 31.2. The third kappa shape index (κ3) is 4.92. The van der Waals surface area contributed by atoms with Gasteiger partial charge < -0.3 is 19.5 Å². The van der Waals surface area contributed by atoms with Crippen molar-refractivity contribution in [1.29, 1.82) is 0 Å². The summed E-state index contributed by atoms with van der Waals surface area (Å²) in [5.74, 6) is -0.773. The second-order valence-corrected chi connectivity index (χ2v) is 7.56. The third-order valence-electron chi connectivity index (χ3n) is 3.15. The van der Waals surface area contributed by atoms with Crippen LogP contribution < -0.4 is 5.30 Å². The van der Waals surface area contributed by atoms with Crippen molar-refractivity contribution in [1.82, 2.24) is 0 Å². The Kier molecular flexibility index (Phi) is 7.76. The van der Waals surface area contributed by atoms with Crippen molar-refractivity contribution in [3.63, 3.8) is 0 Å². The zero-order chi connectivity index (χ0) is 16.6. The monoisotopic (exact) mass is 330 g/mol. The molecule has 3 atom stereocenters. The van der Waals surface area contributed by atoms with Gasteiger partial charge in [-0.15, -0.1) is 0 Å². The number of hydrogen-bond donors (Lipinski definition) is 2. The summed E-state index contributed by atoms with van der Waals surface area (Å²) < 4.78 is 23.5. The van der Waals surface area contributed by atoms with E-state index >= 15 is 0 Å². The zero-order valence-corrected chi connectivity index (χ0v) is 13.7. The molecule has 22 heavy (non-hydrogen) atoms. The molecule has 1 rings (SSSR count). The maximum atomic E-state index is 13.2. The molecule has 0 amide bonds. The molecule has 0 saturated carbocycles. The number of aliphatic hydroxyl groups is 2. The summed E-state index contributed by atoms with van der Waals surface area (Å²) in [7, 11) is -3.51. The molecule has 0 aromatic heterocycles. The Balaban J connectivity index is 2.99. The molecule has 0 heterocycles. The maximum absolute atomic E-state index is 13.2. The lowest BCUT2D eigenvalue weighted by Gasteiger charge is -2.24. The smallest absolute Gasteiger partial charge is 0.321 e. The highest BCUT2D eigenvalue weighted by molar-refractivity contribution is 7.68. The highest BCUT2D eigenvalue weighted by Crippen LogP contribution is 2.51. The first-order chi connectivity index (χ1) is 10.5. The zero-order valence-electron chi connectivity index (χ0n) is 12.8. The van der Waals surface area contributed by atoms with Crippen LogP contribution in [0.25, 0.3) is 0 Å². The first kappa shape index (κ1) is 18.8. The number of esters is 1. The second kappa shape index (κ2) is 9.06. The van der Waals surface area contributed by atoms with Crippen LogP contribution in [0.1, 0.15) is 26.7 Å². The summed E-state index contributed by atoms with van der Waals surface area (Å²) >= 11 is 0. The van der Waals surface area contributed by atoms with Gasteiger partial charge in [-0.25, -0.2) is 0 Å². The summed E-state index contributed by atoms with van der Waals surface area (Å²) in [6.07, 6.45) is -0.660. The Hall–Kier alpha value is -1.20. The van der Waals surface area contributed by atoms with Crippen molar-refractivity contribution in [2.75, 3.05) is 13.2 Å². The average Bonchev–Trinajstić information content (AvgIpc) is 2.54. The molecular weight excluding hydrogens is 307 g/mol. The molecule has 0 aliphatic heterocycles. The van der Waals surface area contributed by atoms with E-state index < -0.39 is 25.3 Å².